The molecule has 1 aromatic rings. The third-order valence-electron chi connectivity index (χ3n) is 2.16. The lowest BCUT2D eigenvalue weighted by atomic mass is 10.4. The van der Waals surface area contributed by atoms with Gasteiger partial charge < -0.3 is 0 Å². The van der Waals surface area contributed by atoms with Gasteiger partial charge in [0.1, 0.15) is 0 Å². The first-order chi connectivity index (χ1) is 7.04. The molecule has 1 rings (SSSR count). The maximum atomic E-state index is 12.1. The van der Waals surface area contributed by atoms with Gasteiger partial charge in [-0.05, 0) is 28.1 Å². The third-order valence-corrected chi connectivity index (χ3v) is 5.22. The Hall–Kier alpha value is -0.390. The van der Waals surface area contributed by atoms with Crippen LogP contribution in [0.3, 0.4) is 0 Å². The van der Waals surface area contributed by atoms with Gasteiger partial charge in [0.05, 0.1) is 4.90 Å². The van der Waals surface area contributed by atoms with E-state index in [9.17, 15) is 8.42 Å². The number of hydrogen-bond acceptors (Lipinski definition) is 2. The predicted octanol–water partition coefficient (Wildman–Crippen LogP) is 2.48. The van der Waals surface area contributed by atoms with Crippen molar-refractivity contribution in [2.24, 2.45) is 0 Å². The maximum absolute atomic E-state index is 12.1. The molecule has 0 aliphatic heterocycles. The molecule has 0 amide bonds. The minimum absolute atomic E-state index is 0.328. The average Bonchev–Trinajstić information content (AvgIpc) is 2.19. The number of halogens is 1. The van der Waals surface area contributed by atoms with E-state index in [4.69, 9.17) is 0 Å². The lowest BCUT2D eigenvalue weighted by Crippen LogP contribution is -2.30. The van der Waals surface area contributed by atoms with Crippen molar-refractivity contribution in [2.45, 2.75) is 18.7 Å². The summed E-state index contributed by atoms with van der Waals surface area (Å²) in [5.41, 5.74) is 0. The van der Waals surface area contributed by atoms with E-state index >= 15 is 0 Å². The molecule has 0 aliphatic carbocycles. The number of benzene rings is 1. The molecule has 0 N–H and O–H groups in total. The van der Waals surface area contributed by atoms with Gasteiger partial charge in [0.15, 0.2) is 0 Å². The molecular formula is C10H14BrNO2S. The summed E-state index contributed by atoms with van der Waals surface area (Å²) in [4.78, 5) is 0.328. The predicted molar refractivity (Wildman–Crippen MR) is 64.2 cm³/mol. The quantitative estimate of drug-likeness (QED) is 0.855. The van der Waals surface area contributed by atoms with Crippen LogP contribution in [0, 0.1) is 0 Å². The fraction of sp³-hybridized carbons (Fsp3) is 0.400. The van der Waals surface area contributed by atoms with Gasteiger partial charge in [-0.3, -0.25) is 0 Å². The van der Waals surface area contributed by atoms with E-state index in [0.29, 0.717) is 22.5 Å². The van der Waals surface area contributed by atoms with E-state index in [-0.39, 0.29) is 0 Å². The molecule has 0 aliphatic rings. The van der Waals surface area contributed by atoms with Gasteiger partial charge in [-0.2, -0.15) is 4.31 Å². The highest BCUT2D eigenvalue weighted by Gasteiger charge is 2.23. The van der Waals surface area contributed by atoms with Crippen LogP contribution in [0.1, 0.15) is 13.8 Å². The standard InChI is InChI=1S/C10H14BrNO2S/c1-3-12(4-2)15(13,14)10-8-6-5-7-9(10)11/h5-8H,3-4H2,1-2H3. The van der Waals surface area contributed by atoms with E-state index in [2.05, 4.69) is 15.9 Å². The van der Waals surface area contributed by atoms with Crippen molar-refractivity contribution in [1.29, 1.82) is 0 Å². The molecule has 0 radical (unpaired) electrons. The summed E-state index contributed by atoms with van der Waals surface area (Å²) in [5.74, 6) is 0. The summed E-state index contributed by atoms with van der Waals surface area (Å²) >= 11 is 3.25. The van der Waals surface area contributed by atoms with Crippen molar-refractivity contribution in [3.63, 3.8) is 0 Å². The van der Waals surface area contributed by atoms with Crippen LogP contribution < -0.4 is 0 Å². The van der Waals surface area contributed by atoms with E-state index in [1.54, 1.807) is 24.3 Å². The molecule has 0 spiro atoms. The fourth-order valence-corrected chi connectivity index (χ4v) is 3.78. The number of nitrogens with zero attached hydrogens (tertiary/aromatic N) is 1. The highest BCUT2D eigenvalue weighted by Crippen LogP contribution is 2.24. The first-order valence-electron chi connectivity index (χ1n) is 4.78. The summed E-state index contributed by atoms with van der Waals surface area (Å²) in [5, 5.41) is 0. The minimum Gasteiger partial charge on any atom is -0.207 e. The molecule has 0 unspecified atom stereocenters. The molecule has 0 fully saturated rings. The third kappa shape index (κ3) is 2.59. The lowest BCUT2D eigenvalue weighted by Gasteiger charge is -2.19. The van der Waals surface area contributed by atoms with Crippen LogP contribution in [-0.2, 0) is 10.0 Å². The first kappa shape index (κ1) is 12.7. The number of rotatable bonds is 4. The van der Waals surface area contributed by atoms with Crippen LogP contribution in [0.25, 0.3) is 0 Å². The van der Waals surface area contributed by atoms with Gasteiger partial charge in [0, 0.05) is 17.6 Å². The molecule has 0 saturated carbocycles. The molecule has 5 heteroatoms. The van der Waals surface area contributed by atoms with Gasteiger partial charge in [-0.25, -0.2) is 8.42 Å². The highest BCUT2D eigenvalue weighted by atomic mass is 79.9. The Morgan fingerprint density at radius 3 is 2.20 bits per heavy atom. The van der Waals surface area contributed by atoms with Crippen molar-refractivity contribution < 1.29 is 8.42 Å². The van der Waals surface area contributed by atoms with Gasteiger partial charge in [0.2, 0.25) is 10.0 Å². The normalized spacial score (nSPS) is 12.0. The van der Waals surface area contributed by atoms with Crippen molar-refractivity contribution in [2.75, 3.05) is 13.1 Å². The van der Waals surface area contributed by atoms with E-state index in [0.717, 1.165) is 0 Å². The highest BCUT2D eigenvalue weighted by molar-refractivity contribution is 9.10. The Balaban J connectivity index is 3.23. The van der Waals surface area contributed by atoms with E-state index < -0.39 is 10.0 Å². The number of hydrogen-bond donors (Lipinski definition) is 0. The molecule has 15 heavy (non-hydrogen) atoms. The monoisotopic (exact) mass is 291 g/mol. The smallest absolute Gasteiger partial charge is 0.207 e. The maximum Gasteiger partial charge on any atom is 0.244 e. The molecular weight excluding hydrogens is 278 g/mol. The fourth-order valence-electron chi connectivity index (χ4n) is 1.36. The molecule has 0 atom stereocenters. The van der Waals surface area contributed by atoms with Crippen LogP contribution in [0.15, 0.2) is 33.6 Å². The van der Waals surface area contributed by atoms with Crippen molar-refractivity contribution in [3.05, 3.63) is 28.7 Å². The van der Waals surface area contributed by atoms with Crippen molar-refractivity contribution >= 4 is 26.0 Å². The second kappa shape index (κ2) is 5.09. The lowest BCUT2D eigenvalue weighted by molar-refractivity contribution is 0.445. The SMILES string of the molecule is CCN(CC)S(=O)(=O)c1ccccc1Br. The molecule has 0 bridgehead atoms. The molecule has 0 saturated heterocycles. The molecule has 3 nitrogen and oxygen atoms in total. The Bertz CT molecular complexity index is 427. The summed E-state index contributed by atoms with van der Waals surface area (Å²) < 4.78 is 26.3. The molecule has 0 aromatic heterocycles. The zero-order chi connectivity index (χ0) is 11.5. The zero-order valence-electron chi connectivity index (χ0n) is 8.77. The van der Waals surface area contributed by atoms with Crippen LogP contribution in [0.5, 0.6) is 0 Å². The molecule has 0 heterocycles. The zero-order valence-corrected chi connectivity index (χ0v) is 11.2. The van der Waals surface area contributed by atoms with Crippen LogP contribution >= 0.6 is 15.9 Å². The number of sulfonamides is 1. The van der Waals surface area contributed by atoms with Crippen LogP contribution in [0.4, 0.5) is 0 Å². The van der Waals surface area contributed by atoms with Gasteiger partial charge in [-0.15, -0.1) is 0 Å². The summed E-state index contributed by atoms with van der Waals surface area (Å²) in [7, 11) is -3.35. The summed E-state index contributed by atoms with van der Waals surface area (Å²) in [6.45, 7) is 4.64. The average molecular weight is 292 g/mol. The summed E-state index contributed by atoms with van der Waals surface area (Å²) in [6, 6.07) is 6.86. The first-order valence-corrected chi connectivity index (χ1v) is 7.02. The topological polar surface area (TPSA) is 37.4 Å². The Kier molecular flexibility index (Phi) is 4.31. The second-order valence-electron chi connectivity index (χ2n) is 3.02. The minimum atomic E-state index is -3.35. The van der Waals surface area contributed by atoms with Gasteiger partial charge in [0.25, 0.3) is 0 Å². The largest absolute Gasteiger partial charge is 0.244 e. The molecule has 84 valence electrons. The van der Waals surface area contributed by atoms with E-state index in [1.807, 2.05) is 13.8 Å². The molecule has 1 aromatic carbocycles. The van der Waals surface area contributed by atoms with E-state index in [1.165, 1.54) is 4.31 Å². The Morgan fingerprint density at radius 2 is 1.73 bits per heavy atom. The van der Waals surface area contributed by atoms with Crippen molar-refractivity contribution in [1.82, 2.24) is 4.31 Å². The van der Waals surface area contributed by atoms with Crippen molar-refractivity contribution in [3.8, 4) is 0 Å². The van der Waals surface area contributed by atoms with Crippen LogP contribution in [-0.4, -0.2) is 25.8 Å². The Morgan fingerprint density at radius 1 is 1.20 bits per heavy atom. The van der Waals surface area contributed by atoms with Crippen LogP contribution in [0.2, 0.25) is 0 Å². The summed E-state index contributed by atoms with van der Waals surface area (Å²) in [6.07, 6.45) is 0. The van der Waals surface area contributed by atoms with Gasteiger partial charge >= 0.3 is 0 Å². The second-order valence-corrected chi connectivity index (χ2v) is 5.78. The Labute approximate surface area is 99.3 Å². The van der Waals surface area contributed by atoms with Gasteiger partial charge in [-0.1, -0.05) is 26.0 Å².